The molecule has 170 valence electrons. The van der Waals surface area contributed by atoms with Crippen LogP contribution in [0, 0.1) is 0 Å². The van der Waals surface area contributed by atoms with Gasteiger partial charge < -0.3 is 13.9 Å². The Bertz CT molecular complexity index is 1480. The molecule has 0 saturated heterocycles. The van der Waals surface area contributed by atoms with Crippen LogP contribution in [-0.4, -0.2) is 19.6 Å². The van der Waals surface area contributed by atoms with Crippen LogP contribution in [-0.2, 0) is 0 Å². The van der Waals surface area contributed by atoms with Gasteiger partial charge in [-0.1, -0.05) is 46.8 Å². The summed E-state index contributed by atoms with van der Waals surface area (Å²) in [6.07, 6.45) is 1.67. The van der Waals surface area contributed by atoms with Crippen molar-refractivity contribution in [2.24, 2.45) is 0 Å². The van der Waals surface area contributed by atoms with Crippen molar-refractivity contribution in [2.75, 3.05) is 18.6 Å². The number of nitrogens with zero attached hydrogens (tertiary/aromatic N) is 1. The van der Waals surface area contributed by atoms with E-state index in [1.165, 1.54) is 0 Å². The molecule has 0 aliphatic carbocycles. The Labute approximate surface area is 204 Å². The Morgan fingerprint density at radius 2 is 1.85 bits per heavy atom. The molecule has 5 rings (SSSR count). The molecule has 2 heterocycles. The Hall–Kier alpha value is -3.84. The average molecular weight is 518 g/mol. The van der Waals surface area contributed by atoms with Gasteiger partial charge in [0.05, 0.1) is 24.1 Å². The van der Waals surface area contributed by atoms with Crippen molar-refractivity contribution in [1.82, 2.24) is 0 Å². The Morgan fingerprint density at radius 1 is 1.06 bits per heavy atom. The zero-order valence-corrected chi connectivity index (χ0v) is 19.9. The van der Waals surface area contributed by atoms with E-state index in [4.69, 9.17) is 13.9 Å². The molecular weight excluding hydrogens is 498 g/mol. The number of methoxy groups -OCH3 is 1. The summed E-state index contributed by atoms with van der Waals surface area (Å²) < 4.78 is 17.7. The number of fused-ring (bicyclic) bond motifs is 2. The van der Waals surface area contributed by atoms with E-state index in [0.29, 0.717) is 40.3 Å². The topological polar surface area (TPSA) is 69.0 Å². The van der Waals surface area contributed by atoms with Gasteiger partial charge in [0.15, 0.2) is 5.43 Å². The molecule has 34 heavy (non-hydrogen) atoms. The van der Waals surface area contributed by atoms with E-state index in [2.05, 4.69) is 22.5 Å². The Kier molecular flexibility index (Phi) is 5.71. The molecule has 0 N–H and O–H groups in total. The molecule has 1 unspecified atom stereocenters. The molecule has 6 nitrogen and oxygen atoms in total. The predicted octanol–water partition coefficient (Wildman–Crippen LogP) is 5.88. The first-order chi connectivity index (χ1) is 16.5. The lowest BCUT2D eigenvalue weighted by Gasteiger charge is -2.25. The molecular formula is C27H20BrNO5. The number of carbonyl (C=O) groups is 1. The van der Waals surface area contributed by atoms with Crippen LogP contribution < -0.4 is 19.8 Å². The van der Waals surface area contributed by atoms with E-state index in [0.717, 1.165) is 10.0 Å². The first kappa shape index (κ1) is 22.0. The SMILES string of the molecule is C=CCOc1ccc(C2c3c(oc4ccc(Br)cc4c3=O)C(=O)N2c2cccc(OC)c2)cc1. The van der Waals surface area contributed by atoms with Gasteiger partial charge in [0.2, 0.25) is 5.76 Å². The molecule has 0 spiro atoms. The van der Waals surface area contributed by atoms with E-state index in [1.807, 2.05) is 30.3 Å². The standard InChI is InChI=1S/C27H20BrNO5/c1-3-13-33-19-10-7-16(8-11-19)24-23-25(30)21-14-17(28)9-12-22(21)34-26(23)27(31)29(24)18-5-4-6-20(15-18)32-2/h3-12,14-15,24H,1,13H2,2H3. The van der Waals surface area contributed by atoms with E-state index in [9.17, 15) is 9.59 Å². The van der Waals surface area contributed by atoms with Crippen LogP contribution in [0.4, 0.5) is 5.69 Å². The maximum Gasteiger partial charge on any atom is 0.295 e. The number of halogens is 1. The number of rotatable bonds is 6. The highest BCUT2D eigenvalue weighted by Gasteiger charge is 2.43. The van der Waals surface area contributed by atoms with E-state index in [-0.39, 0.29) is 17.1 Å². The third-order valence-electron chi connectivity index (χ3n) is 5.73. The zero-order chi connectivity index (χ0) is 23.8. The van der Waals surface area contributed by atoms with E-state index >= 15 is 0 Å². The van der Waals surface area contributed by atoms with Crippen molar-refractivity contribution in [1.29, 1.82) is 0 Å². The maximum atomic E-state index is 13.7. The normalized spacial score (nSPS) is 14.8. The van der Waals surface area contributed by atoms with Gasteiger partial charge in [-0.2, -0.15) is 0 Å². The molecule has 0 radical (unpaired) electrons. The Balaban J connectivity index is 1.73. The predicted molar refractivity (Wildman–Crippen MR) is 134 cm³/mol. The molecule has 1 aliphatic heterocycles. The summed E-state index contributed by atoms with van der Waals surface area (Å²) in [6, 6.07) is 19.0. The van der Waals surface area contributed by atoms with Crippen LogP contribution in [0.25, 0.3) is 11.0 Å². The summed E-state index contributed by atoms with van der Waals surface area (Å²) in [4.78, 5) is 28.9. The highest BCUT2D eigenvalue weighted by Crippen LogP contribution is 2.42. The maximum absolute atomic E-state index is 13.7. The lowest BCUT2D eigenvalue weighted by Crippen LogP contribution is -2.29. The largest absolute Gasteiger partial charge is 0.497 e. The van der Waals surface area contributed by atoms with Gasteiger partial charge in [-0.25, -0.2) is 0 Å². The minimum atomic E-state index is -0.678. The summed E-state index contributed by atoms with van der Waals surface area (Å²) in [6.45, 7) is 4.04. The van der Waals surface area contributed by atoms with Gasteiger partial charge >= 0.3 is 0 Å². The summed E-state index contributed by atoms with van der Waals surface area (Å²) in [5, 5.41) is 0.407. The number of hydrogen-bond donors (Lipinski definition) is 0. The van der Waals surface area contributed by atoms with Gasteiger partial charge in [-0.05, 0) is 48.0 Å². The molecule has 1 aliphatic rings. The fraction of sp³-hybridized carbons (Fsp3) is 0.111. The zero-order valence-electron chi connectivity index (χ0n) is 18.3. The first-order valence-electron chi connectivity index (χ1n) is 10.6. The first-order valence-corrected chi connectivity index (χ1v) is 11.4. The van der Waals surface area contributed by atoms with Crippen molar-refractivity contribution in [3.8, 4) is 11.5 Å². The molecule has 1 amide bonds. The number of hydrogen-bond acceptors (Lipinski definition) is 5. The molecule has 3 aromatic carbocycles. The molecule has 0 fully saturated rings. The number of benzene rings is 3. The molecule has 7 heteroatoms. The van der Waals surface area contributed by atoms with Gasteiger partial charge in [-0.15, -0.1) is 0 Å². The third kappa shape index (κ3) is 3.68. The fourth-order valence-electron chi connectivity index (χ4n) is 4.19. The summed E-state index contributed by atoms with van der Waals surface area (Å²) in [7, 11) is 1.56. The minimum absolute atomic E-state index is 0.0413. The molecule has 4 aromatic rings. The lowest BCUT2D eigenvalue weighted by atomic mass is 9.98. The average Bonchev–Trinajstić information content (AvgIpc) is 3.16. The number of anilines is 1. The van der Waals surface area contributed by atoms with Crippen LogP contribution in [0.2, 0.25) is 0 Å². The third-order valence-corrected chi connectivity index (χ3v) is 6.22. The minimum Gasteiger partial charge on any atom is -0.497 e. The summed E-state index contributed by atoms with van der Waals surface area (Å²) >= 11 is 3.42. The quantitative estimate of drug-likeness (QED) is 0.299. The highest BCUT2D eigenvalue weighted by molar-refractivity contribution is 9.10. The second-order valence-electron chi connectivity index (χ2n) is 7.76. The molecule has 1 atom stereocenters. The molecule has 0 saturated carbocycles. The number of ether oxygens (including phenoxy) is 2. The monoisotopic (exact) mass is 517 g/mol. The van der Waals surface area contributed by atoms with Crippen molar-refractivity contribution < 1.29 is 18.7 Å². The second-order valence-corrected chi connectivity index (χ2v) is 8.68. The number of carbonyl (C=O) groups excluding carboxylic acids is 1. The van der Waals surface area contributed by atoms with E-state index in [1.54, 1.807) is 54.5 Å². The van der Waals surface area contributed by atoms with Crippen molar-refractivity contribution in [3.63, 3.8) is 0 Å². The second kappa shape index (κ2) is 8.83. The number of amides is 1. The fourth-order valence-corrected chi connectivity index (χ4v) is 4.55. The van der Waals surface area contributed by atoms with Gasteiger partial charge in [0, 0.05) is 16.2 Å². The lowest BCUT2D eigenvalue weighted by molar-refractivity contribution is 0.0971. The van der Waals surface area contributed by atoms with Crippen LogP contribution in [0.15, 0.2) is 93.1 Å². The summed E-state index contributed by atoms with van der Waals surface area (Å²) in [5.41, 5.74) is 1.77. The van der Waals surface area contributed by atoms with Gasteiger partial charge in [0.25, 0.3) is 5.91 Å². The Morgan fingerprint density at radius 3 is 2.59 bits per heavy atom. The van der Waals surface area contributed by atoms with Gasteiger partial charge in [0.1, 0.15) is 23.7 Å². The van der Waals surface area contributed by atoms with Gasteiger partial charge in [-0.3, -0.25) is 14.5 Å². The smallest absolute Gasteiger partial charge is 0.295 e. The molecule has 0 bridgehead atoms. The van der Waals surface area contributed by atoms with Crippen LogP contribution >= 0.6 is 15.9 Å². The highest BCUT2D eigenvalue weighted by atomic mass is 79.9. The van der Waals surface area contributed by atoms with Crippen molar-refractivity contribution in [2.45, 2.75) is 6.04 Å². The van der Waals surface area contributed by atoms with Crippen molar-refractivity contribution >= 4 is 38.5 Å². The molecule has 1 aromatic heterocycles. The summed E-state index contributed by atoms with van der Waals surface area (Å²) in [5.74, 6) is 0.916. The van der Waals surface area contributed by atoms with Crippen LogP contribution in [0.1, 0.15) is 27.7 Å². The van der Waals surface area contributed by atoms with Crippen LogP contribution in [0.3, 0.4) is 0 Å². The van der Waals surface area contributed by atoms with E-state index < -0.39 is 6.04 Å². The van der Waals surface area contributed by atoms with Crippen molar-refractivity contribution in [3.05, 3.63) is 111 Å². The van der Waals surface area contributed by atoms with Crippen LogP contribution in [0.5, 0.6) is 11.5 Å².